The van der Waals surface area contributed by atoms with E-state index in [0.717, 1.165) is 32.1 Å². The van der Waals surface area contributed by atoms with E-state index in [1.165, 1.54) is 0 Å². The average molecular weight is 419 g/mol. The van der Waals surface area contributed by atoms with Gasteiger partial charge >= 0.3 is 0 Å². The first kappa shape index (κ1) is 23.3. The van der Waals surface area contributed by atoms with Gasteiger partial charge in [-0.3, -0.25) is 8.98 Å². The second-order valence-electron chi connectivity index (χ2n) is 7.21. The number of benzene rings is 2. The van der Waals surface area contributed by atoms with Gasteiger partial charge in [0.1, 0.15) is 6.61 Å². The Morgan fingerprint density at radius 3 is 2.07 bits per heavy atom. The molecule has 0 bridgehead atoms. The molecule has 0 spiro atoms. The number of rotatable bonds is 13. The maximum atomic E-state index is 13.0. The SMILES string of the molecule is CCCCCCCCS(=O)(=O)OCC(O)(C(=O)c1ccccc1)c1ccccc1. The molecule has 5 nitrogen and oxygen atoms in total. The van der Waals surface area contributed by atoms with E-state index >= 15 is 0 Å². The molecular weight excluding hydrogens is 388 g/mol. The Balaban J connectivity index is 2.08. The van der Waals surface area contributed by atoms with Crippen molar-refractivity contribution in [1.29, 1.82) is 0 Å². The summed E-state index contributed by atoms with van der Waals surface area (Å²) in [5.41, 5.74) is -1.50. The van der Waals surface area contributed by atoms with Crippen LogP contribution in [-0.4, -0.2) is 31.7 Å². The van der Waals surface area contributed by atoms with Crippen LogP contribution in [0, 0.1) is 0 Å². The molecule has 0 saturated heterocycles. The van der Waals surface area contributed by atoms with Crippen LogP contribution in [0.5, 0.6) is 0 Å². The zero-order chi connectivity index (χ0) is 21.2. The molecule has 0 aliphatic carbocycles. The molecule has 1 N–H and O–H groups in total. The van der Waals surface area contributed by atoms with Gasteiger partial charge in [-0.1, -0.05) is 99.7 Å². The number of ketones is 1. The highest BCUT2D eigenvalue weighted by Gasteiger charge is 2.40. The van der Waals surface area contributed by atoms with E-state index in [1.54, 1.807) is 60.7 Å². The van der Waals surface area contributed by atoms with Gasteiger partial charge < -0.3 is 5.11 Å². The highest BCUT2D eigenvalue weighted by molar-refractivity contribution is 7.86. The fourth-order valence-corrected chi connectivity index (χ4v) is 4.14. The number of hydrogen-bond donors (Lipinski definition) is 1. The molecule has 0 amide bonds. The fraction of sp³-hybridized carbons (Fsp3) is 0.435. The van der Waals surface area contributed by atoms with Gasteiger partial charge in [0.2, 0.25) is 5.78 Å². The molecule has 2 aromatic carbocycles. The first-order valence-corrected chi connectivity index (χ1v) is 11.7. The van der Waals surface area contributed by atoms with Gasteiger partial charge in [0.15, 0.2) is 5.60 Å². The molecule has 6 heteroatoms. The molecule has 0 fully saturated rings. The van der Waals surface area contributed by atoms with Gasteiger partial charge in [-0.15, -0.1) is 0 Å². The molecule has 2 rings (SSSR count). The Hall–Kier alpha value is -2.02. The van der Waals surface area contributed by atoms with E-state index in [0.29, 0.717) is 12.0 Å². The first-order valence-electron chi connectivity index (χ1n) is 10.1. The number of Topliss-reactive ketones (excluding diaryl/α,β-unsaturated/α-hetero) is 1. The molecule has 2 aromatic rings. The maximum Gasteiger partial charge on any atom is 0.267 e. The smallest absolute Gasteiger partial charge is 0.267 e. The second kappa shape index (κ2) is 11.2. The van der Waals surface area contributed by atoms with E-state index < -0.39 is 28.1 Å². The summed E-state index contributed by atoms with van der Waals surface area (Å²) in [6.45, 7) is 1.48. The zero-order valence-electron chi connectivity index (χ0n) is 16.9. The number of hydrogen-bond acceptors (Lipinski definition) is 5. The summed E-state index contributed by atoms with van der Waals surface area (Å²) in [5.74, 6) is -0.720. The van der Waals surface area contributed by atoms with Gasteiger partial charge in [-0.25, -0.2) is 0 Å². The Kier molecular flexibility index (Phi) is 9.01. The fourth-order valence-electron chi connectivity index (χ4n) is 3.12. The minimum absolute atomic E-state index is 0.122. The van der Waals surface area contributed by atoms with Gasteiger partial charge in [-0.05, 0) is 12.0 Å². The predicted octanol–water partition coefficient (Wildman–Crippen LogP) is 4.46. The normalized spacial score (nSPS) is 13.7. The number of carbonyl (C=O) groups excluding carboxylic acids is 1. The van der Waals surface area contributed by atoms with E-state index in [2.05, 4.69) is 6.92 Å². The van der Waals surface area contributed by atoms with Gasteiger partial charge in [-0.2, -0.15) is 8.42 Å². The summed E-state index contributed by atoms with van der Waals surface area (Å²) in [4.78, 5) is 13.0. The minimum atomic E-state index is -3.84. The van der Waals surface area contributed by atoms with Crippen LogP contribution in [0.3, 0.4) is 0 Å². The molecule has 0 radical (unpaired) electrons. The van der Waals surface area contributed by atoms with E-state index in [9.17, 15) is 18.3 Å². The van der Waals surface area contributed by atoms with E-state index in [1.807, 2.05) is 0 Å². The lowest BCUT2D eigenvalue weighted by atomic mass is 9.86. The van der Waals surface area contributed by atoms with Crippen LogP contribution in [0.4, 0.5) is 0 Å². The summed E-state index contributed by atoms with van der Waals surface area (Å²) < 4.78 is 29.7. The van der Waals surface area contributed by atoms with Crippen molar-refractivity contribution in [3.8, 4) is 0 Å². The Morgan fingerprint density at radius 1 is 0.897 bits per heavy atom. The molecule has 0 heterocycles. The van der Waals surface area contributed by atoms with Gasteiger partial charge in [0, 0.05) is 5.56 Å². The molecule has 0 saturated carbocycles. The van der Waals surface area contributed by atoms with Crippen LogP contribution in [0.25, 0.3) is 0 Å². The average Bonchev–Trinajstić information content (AvgIpc) is 2.75. The van der Waals surface area contributed by atoms with Crippen molar-refractivity contribution in [2.45, 2.75) is 51.0 Å². The largest absolute Gasteiger partial charge is 0.375 e. The molecule has 0 aliphatic heterocycles. The second-order valence-corrected chi connectivity index (χ2v) is 8.97. The van der Waals surface area contributed by atoms with Gasteiger partial charge in [0.05, 0.1) is 5.75 Å². The lowest BCUT2D eigenvalue weighted by molar-refractivity contribution is 0.00411. The van der Waals surface area contributed by atoms with Crippen molar-refractivity contribution in [3.63, 3.8) is 0 Å². The lowest BCUT2D eigenvalue weighted by Gasteiger charge is -2.27. The summed E-state index contributed by atoms with van der Waals surface area (Å²) in [6.07, 6.45) is 5.68. The van der Waals surface area contributed by atoms with Crippen molar-refractivity contribution in [3.05, 3.63) is 71.8 Å². The third kappa shape index (κ3) is 7.07. The Morgan fingerprint density at radius 2 is 1.45 bits per heavy atom. The van der Waals surface area contributed by atoms with Crippen molar-refractivity contribution in [1.82, 2.24) is 0 Å². The summed E-state index contributed by atoms with van der Waals surface area (Å²) in [7, 11) is -3.84. The third-order valence-electron chi connectivity index (χ3n) is 4.86. The van der Waals surface area contributed by atoms with Crippen LogP contribution < -0.4 is 0 Å². The summed E-state index contributed by atoms with van der Waals surface area (Å²) >= 11 is 0. The van der Waals surface area contributed by atoms with Crippen LogP contribution >= 0.6 is 0 Å². The van der Waals surface area contributed by atoms with Crippen LogP contribution in [0.2, 0.25) is 0 Å². The van der Waals surface area contributed by atoms with E-state index in [4.69, 9.17) is 4.18 Å². The number of carbonyl (C=O) groups is 1. The molecule has 1 unspecified atom stereocenters. The van der Waals surface area contributed by atoms with Crippen molar-refractivity contribution >= 4 is 15.9 Å². The van der Waals surface area contributed by atoms with Crippen molar-refractivity contribution < 1.29 is 22.5 Å². The molecule has 0 aliphatic rings. The predicted molar refractivity (Wildman–Crippen MR) is 114 cm³/mol. The standard InChI is InChI=1S/C23H30O5S/c1-2-3-4-5-6-13-18-29(26,27)28-19-23(25,21-16-11-8-12-17-21)22(24)20-14-9-7-10-15-20/h7-12,14-17,25H,2-6,13,18-19H2,1H3. The van der Waals surface area contributed by atoms with Crippen LogP contribution in [0.1, 0.15) is 61.4 Å². The quantitative estimate of drug-likeness (QED) is 0.295. The Labute approximate surface area is 173 Å². The topological polar surface area (TPSA) is 80.7 Å². The zero-order valence-corrected chi connectivity index (χ0v) is 17.7. The Bertz CT molecular complexity index is 849. The maximum absolute atomic E-state index is 13.0. The third-order valence-corrected chi connectivity index (χ3v) is 6.12. The minimum Gasteiger partial charge on any atom is -0.375 e. The summed E-state index contributed by atoms with van der Waals surface area (Å²) in [5, 5.41) is 11.2. The molecule has 1 atom stereocenters. The molecule has 158 valence electrons. The highest BCUT2D eigenvalue weighted by atomic mass is 32.2. The molecule has 0 aromatic heterocycles. The van der Waals surface area contributed by atoms with Crippen molar-refractivity contribution in [2.75, 3.05) is 12.4 Å². The highest BCUT2D eigenvalue weighted by Crippen LogP contribution is 2.27. The lowest BCUT2D eigenvalue weighted by Crippen LogP contribution is -2.41. The monoisotopic (exact) mass is 418 g/mol. The molecular formula is C23H30O5S. The van der Waals surface area contributed by atoms with E-state index in [-0.39, 0.29) is 11.3 Å². The summed E-state index contributed by atoms with van der Waals surface area (Å²) in [6, 6.07) is 16.6. The van der Waals surface area contributed by atoms with Crippen LogP contribution in [-0.2, 0) is 19.9 Å². The van der Waals surface area contributed by atoms with Crippen molar-refractivity contribution in [2.24, 2.45) is 0 Å². The first-order chi connectivity index (χ1) is 13.9. The number of unbranched alkanes of at least 4 members (excludes halogenated alkanes) is 5. The van der Waals surface area contributed by atoms with Gasteiger partial charge in [0.25, 0.3) is 10.1 Å². The number of aliphatic hydroxyl groups is 1. The molecule has 29 heavy (non-hydrogen) atoms. The van der Waals surface area contributed by atoms with Crippen LogP contribution in [0.15, 0.2) is 60.7 Å².